The van der Waals surface area contributed by atoms with Gasteiger partial charge in [-0.15, -0.1) is 0 Å². The van der Waals surface area contributed by atoms with Gasteiger partial charge in [0.05, 0.1) is 28.3 Å². The van der Waals surface area contributed by atoms with E-state index in [1.807, 2.05) is 19.9 Å². The fraction of sp³-hybridized carbons (Fsp3) is 0.238. The number of hydrogen-bond acceptors (Lipinski definition) is 4. The molecule has 0 aromatic heterocycles. The van der Waals surface area contributed by atoms with Gasteiger partial charge >= 0.3 is 0 Å². The second kappa shape index (κ2) is 10.4. The lowest BCUT2D eigenvalue weighted by Gasteiger charge is -2.17. The predicted octanol–water partition coefficient (Wildman–Crippen LogP) is 6.38. The molecule has 29 heavy (non-hydrogen) atoms. The number of amides is 1. The summed E-state index contributed by atoms with van der Waals surface area (Å²) < 4.78 is 11.2. The first-order chi connectivity index (χ1) is 13.8. The summed E-state index contributed by atoms with van der Waals surface area (Å²) in [5, 5.41) is 13.0. The summed E-state index contributed by atoms with van der Waals surface area (Å²) in [5.41, 5.74) is 0.812. The van der Waals surface area contributed by atoms with E-state index in [-0.39, 0.29) is 11.7 Å². The zero-order valence-electron chi connectivity index (χ0n) is 16.1. The zero-order valence-corrected chi connectivity index (χ0v) is 18.3. The van der Waals surface area contributed by atoms with E-state index in [0.717, 1.165) is 6.42 Å². The molecule has 0 aliphatic carbocycles. The van der Waals surface area contributed by atoms with Gasteiger partial charge in [0.2, 0.25) is 0 Å². The minimum absolute atomic E-state index is 0.0468. The van der Waals surface area contributed by atoms with Gasteiger partial charge in [0.25, 0.3) is 5.91 Å². The van der Waals surface area contributed by atoms with Gasteiger partial charge in [-0.05, 0) is 55.3 Å². The fourth-order valence-electron chi connectivity index (χ4n) is 2.31. The van der Waals surface area contributed by atoms with E-state index in [0.29, 0.717) is 37.8 Å². The highest BCUT2D eigenvalue weighted by atomic mass is 35.5. The van der Waals surface area contributed by atoms with Gasteiger partial charge in [0, 0.05) is 5.69 Å². The van der Waals surface area contributed by atoms with Crippen molar-refractivity contribution in [1.29, 1.82) is 5.26 Å². The van der Waals surface area contributed by atoms with Crippen LogP contribution in [0.25, 0.3) is 6.08 Å². The number of hydrogen-bond donors (Lipinski definition) is 1. The van der Waals surface area contributed by atoms with Crippen LogP contribution < -0.4 is 14.8 Å². The van der Waals surface area contributed by atoms with Gasteiger partial charge < -0.3 is 14.8 Å². The average Bonchev–Trinajstić information content (AvgIpc) is 2.70. The summed E-state index contributed by atoms with van der Waals surface area (Å²) in [5.74, 6) is 0.228. The largest absolute Gasteiger partial charge is 0.493 e. The van der Waals surface area contributed by atoms with Crippen LogP contribution in [0.2, 0.25) is 15.1 Å². The molecule has 2 aromatic rings. The molecule has 1 amide bonds. The van der Waals surface area contributed by atoms with Crippen LogP contribution in [0, 0.1) is 11.3 Å². The topological polar surface area (TPSA) is 71.3 Å². The highest BCUT2D eigenvalue weighted by Crippen LogP contribution is 2.38. The monoisotopic (exact) mass is 452 g/mol. The lowest BCUT2D eigenvalue weighted by molar-refractivity contribution is -0.112. The second-order valence-corrected chi connectivity index (χ2v) is 7.35. The molecule has 0 bridgehead atoms. The van der Waals surface area contributed by atoms with Crippen molar-refractivity contribution in [2.45, 2.75) is 26.4 Å². The Morgan fingerprint density at radius 2 is 1.93 bits per heavy atom. The molecule has 0 aliphatic heterocycles. The van der Waals surface area contributed by atoms with E-state index < -0.39 is 5.91 Å². The Kier molecular flexibility index (Phi) is 8.21. The van der Waals surface area contributed by atoms with Crippen molar-refractivity contribution in [2.75, 3.05) is 12.4 Å². The third kappa shape index (κ3) is 6.04. The maximum atomic E-state index is 12.5. The number of halogens is 3. The molecule has 2 aromatic carbocycles. The van der Waals surface area contributed by atoms with Gasteiger partial charge in [-0.3, -0.25) is 4.79 Å². The number of carbonyl (C=O) groups is 1. The van der Waals surface area contributed by atoms with Crippen LogP contribution in [0.15, 0.2) is 35.9 Å². The Morgan fingerprint density at radius 3 is 2.52 bits per heavy atom. The van der Waals surface area contributed by atoms with Crippen molar-refractivity contribution >= 4 is 52.5 Å². The van der Waals surface area contributed by atoms with Crippen LogP contribution in [0.3, 0.4) is 0 Å². The first kappa shape index (κ1) is 22.9. The number of ether oxygens (including phenoxy) is 2. The third-order valence-electron chi connectivity index (χ3n) is 4.00. The van der Waals surface area contributed by atoms with Crippen molar-refractivity contribution in [3.05, 3.63) is 56.5 Å². The summed E-state index contributed by atoms with van der Waals surface area (Å²) in [4.78, 5) is 12.5. The average molecular weight is 454 g/mol. The lowest BCUT2D eigenvalue weighted by atomic mass is 10.1. The van der Waals surface area contributed by atoms with E-state index in [2.05, 4.69) is 5.32 Å². The van der Waals surface area contributed by atoms with Gasteiger partial charge in [0.1, 0.15) is 11.6 Å². The van der Waals surface area contributed by atoms with Gasteiger partial charge in [-0.25, -0.2) is 0 Å². The standard InChI is InChI=1S/C21H19Cl3N2O3/c1-4-12(2)29-20-18(24)8-13(9-19(20)28-3)7-14(11-25)21(27)26-15-5-6-16(22)17(23)10-15/h5-10,12H,4H2,1-3H3,(H,26,27)/b14-7-/t12-/m0/s1. The lowest BCUT2D eigenvalue weighted by Crippen LogP contribution is -2.13. The SMILES string of the molecule is CC[C@H](C)Oc1c(Cl)cc(/C=C(/C#N)C(=O)Nc2ccc(Cl)c(Cl)c2)cc1OC. The molecule has 0 aliphatic rings. The number of carbonyl (C=O) groups excluding carboxylic acids is 1. The summed E-state index contributed by atoms with van der Waals surface area (Å²) >= 11 is 18.2. The van der Waals surface area contributed by atoms with Gasteiger partial charge in [-0.2, -0.15) is 5.26 Å². The molecule has 0 unspecified atom stereocenters. The van der Waals surface area contributed by atoms with Crippen LogP contribution in [-0.2, 0) is 4.79 Å². The van der Waals surface area contributed by atoms with E-state index in [4.69, 9.17) is 44.3 Å². The van der Waals surface area contributed by atoms with Crippen LogP contribution >= 0.6 is 34.8 Å². The molecule has 2 rings (SSSR count). The predicted molar refractivity (Wildman–Crippen MR) is 117 cm³/mol. The molecular formula is C21H19Cl3N2O3. The first-order valence-electron chi connectivity index (χ1n) is 8.71. The smallest absolute Gasteiger partial charge is 0.266 e. The molecule has 8 heteroatoms. The Morgan fingerprint density at radius 1 is 1.21 bits per heavy atom. The number of methoxy groups -OCH3 is 1. The van der Waals surface area contributed by atoms with E-state index >= 15 is 0 Å². The highest BCUT2D eigenvalue weighted by Gasteiger charge is 2.16. The molecule has 1 N–H and O–H groups in total. The molecule has 5 nitrogen and oxygen atoms in total. The Bertz CT molecular complexity index is 984. The van der Waals surface area contributed by atoms with E-state index in [9.17, 15) is 10.1 Å². The Balaban J connectivity index is 2.31. The summed E-state index contributed by atoms with van der Waals surface area (Å²) in [6.07, 6.45) is 2.16. The quantitative estimate of drug-likeness (QED) is 0.390. The Labute approximate surface area is 184 Å². The highest BCUT2D eigenvalue weighted by molar-refractivity contribution is 6.42. The Hall–Kier alpha value is -2.39. The minimum atomic E-state index is -0.596. The molecule has 0 saturated heterocycles. The molecule has 0 fully saturated rings. The number of benzene rings is 2. The molecule has 152 valence electrons. The van der Waals surface area contributed by atoms with Crippen LogP contribution in [0.1, 0.15) is 25.8 Å². The molecule has 0 saturated carbocycles. The van der Waals surface area contributed by atoms with Crippen molar-refractivity contribution in [2.24, 2.45) is 0 Å². The summed E-state index contributed by atoms with van der Waals surface area (Å²) in [7, 11) is 1.49. The van der Waals surface area contributed by atoms with Gasteiger partial charge in [0.15, 0.2) is 11.5 Å². The molecule has 0 spiro atoms. The summed E-state index contributed by atoms with van der Waals surface area (Å²) in [6.45, 7) is 3.92. The fourth-order valence-corrected chi connectivity index (χ4v) is 2.87. The van der Waals surface area contributed by atoms with Crippen molar-refractivity contribution in [3.8, 4) is 17.6 Å². The van der Waals surface area contributed by atoms with Crippen molar-refractivity contribution < 1.29 is 14.3 Å². The molecule has 1 atom stereocenters. The summed E-state index contributed by atoms with van der Waals surface area (Å²) in [6, 6.07) is 9.77. The zero-order chi connectivity index (χ0) is 21.6. The number of rotatable bonds is 7. The molecule has 0 radical (unpaired) electrons. The van der Waals surface area contributed by atoms with Crippen LogP contribution in [0.5, 0.6) is 11.5 Å². The first-order valence-corrected chi connectivity index (χ1v) is 9.84. The second-order valence-electron chi connectivity index (χ2n) is 6.12. The number of anilines is 1. The number of nitrogens with one attached hydrogen (secondary N) is 1. The van der Waals surface area contributed by atoms with Gasteiger partial charge in [-0.1, -0.05) is 41.7 Å². The van der Waals surface area contributed by atoms with Crippen molar-refractivity contribution in [3.63, 3.8) is 0 Å². The van der Waals surface area contributed by atoms with Crippen LogP contribution in [-0.4, -0.2) is 19.1 Å². The van der Waals surface area contributed by atoms with E-state index in [1.165, 1.54) is 19.3 Å². The third-order valence-corrected chi connectivity index (χ3v) is 5.02. The normalized spacial score (nSPS) is 12.1. The minimum Gasteiger partial charge on any atom is -0.493 e. The van der Waals surface area contributed by atoms with Crippen LogP contribution in [0.4, 0.5) is 5.69 Å². The molecular weight excluding hydrogens is 435 g/mol. The number of nitrogens with zero attached hydrogens (tertiary/aromatic N) is 1. The van der Waals surface area contributed by atoms with Crippen molar-refractivity contribution in [1.82, 2.24) is 0 Å². The maximum Gasteiger partial charge on any atom is 0.266 e. The maximum absolute atomic E-state index is 12.5. The number of nitriles is 1. The molecule has 0 heterocycles. The van der Waals surface area contributed by atoms with E-state index in [1.54, 1.807) is 24.3 Å².